The van der Waals surface area contributed by atoms with Gasteiger partial charge in [-0.3, -0.25) is 4.90 Å². The lowest BCUT2D eigenvalue weighted by molar-refractivity contribution is 0.234. The largest absolute Gasteiger partial charge is 0.322 e. The summed E-state index contributed by atoms with van der Waals surface area (Å²) in [6.07, 6.45) is 4.03. The Morgan fingerprint density at radius 1 is 1.47 bits per heavy atom. The fourth-order valence-electron chi connectivity index (χ4n) is 2.13. The van der Waals surface area contributed by atoms with Crippen molar-refractivity contribution in [2.45, 2.75) is 45.2 Å². The molecule has 2 N–H and O–H groups in total. The average Bonchev–Trinajstić information content (AvgIpc) is 2.98. The monoisotopic (exact) mass is 252 g/mol. The third-order valence-corrected chi connectivity index (χ3v) is 4.40. The highest BCUT2D eigenvalue weighted by molar-refractivity contribution is 7.10. The average molecular weight is 252 g/mol. The van der Waals surface area contributed by atoms with E-state index in [9.17, 15) is 0 Å². The fraction of sp³-hybridized carbons (Fsp3) is 0.714. The van der Waals surface area contributed by atoms with Crippen LogP contribution in [0.5, 0.6) is 0 Å². The Morgan fingerprint density at radius 2 is 2.24 bits per heavy atom. The van der Waals surface area contributed by atoms with Crippen molar-refractivity contribution in [3.63, 3.8) is 0 Å². The van der Waals surface area contributed by atoms with Crippen molar-refractivity contribution in [3.05, 3.63) is 22.4 Å². The Balaban J connectivity index is 1.84. The van der Waals surface area contributed by atoms with Gasteiger partial charge in [0, 0.05) is 17.5 Å². The Bertz CT molecular complexity index is 317. The second-order valence-electron chi connectivity index (χ2n) is 5.53. The number of thiophene rings is 1. The predicted octanol–water partition coefficient (Wildman–Crippen LogP) is 3.26. The zero-order valence-corrected chi connectivity index (χ0v) is 11.7. The van der Waals surface area contributed by atoms with Crippen molar-refractivity contribution in [2.24, 2.45) is 11.7 Å². The molecule has 1 heterocycles. The summed E-state index contributed by atoms with van der Waals surface area (Å²) in [7, 11) is 0. The highest BCUT2D eigenvalue weighted by Gasteiger charge is 2.29. The molecule has 96 valence electrons. The first-order valence-electron chi connectivity index (χ1n) is 6.70. The minimum absolute atomic E-state index is 0.197. The van der Waals surface area contributed by atoms with Crippen molar-refractivity contribution in [1.29, 1.82) is 0 Å². The molecule has 0 radical (unpaired) electrons. The van der Waals surface area contributed by atoms with Gasteiger partial charge in [0.2, 0.25) is 0 Å². The Kier molecular flexibility index (Phi) is 4.60. The lowest BCUT2D eigenvalue weighted by Gasteiger charge is -2.25. The summed E-state index contributed by atoms with van der Waals surface area (Å²) in [5, 5.41) is 2.12. The van der Waals surface area contributed by atoms with Gasteiger partial charge < -0.3 is 5.73 Å². The van der Waals surface area contributed by atoms with Gasteiger partial charge >= 0.3 is 0 Å². The highest BCUT2D eigenvalue weighted by Crippen LogP contribution is 2.29. The first kappa shape index (κ1) is 13.1. The summed E-state index contributed by atoms with van der Waals surface area (Å²) >= 11 is 1.78. The van der Waals surface area contributed by atoms with Gasteiger partial charge in [-0.05, 0) is 43.2 Å². The van der Waals surface area contributed by atoms with Crippen molar-refractivity contribution in [3.8, 4) is 0 Å². The SMILES string of the molecule is CC(C)CCN(CC(N)c1cccs1)C1CC1. The minimum Gasteiger partial charge on any atom is -0.322 e. The van der Waals surface area contributed by atoms with Crippen LogP contribution in [0, 0.1) is 5.92 Å². The van der Waals surface area contributed by atoms with E-state index >= 15 is 0 Å². The van der Waals surface area contributed by atoms with Gasteiger partial charge in [-0.2, -0.15) is 0 Å². The molecule has 1 unspecified atom stereocenters. The number of nitrogens with two attached hydrogens (primary N) is 1. The van der Waals surface area contributed by atoms with E-state index < -0.39 is 0 Å². The van der Waals surface area contributed by atoms with E-state index in [1.165, 1.54) is 30.7 Å². The predicted molar refractivity (Wildman–Crippen MR) is 75.3 cm³/mol. The van der Waals surface area contributed by atoms with Crippen LogP contribution in [0.1, 0.15) is 44.0 Å². The normalized spacial score (nSPS) is 17.9. The van der Waals surface area contributed by atoms with Gasteiger partial charge in [0.15, 0.2) is 0 Å². The molecule has 0 amide bonds. The first-order chi connectivity index (χ1) is 8.16. The highest BCUT2D eigenvalue weighted by atomic mass is 32.1. The topological polar surface area (TPSA) is 29.3 Å². The molecule has 1 saturated carbocycles. The van der Waals surface area contributed by atoms with Gasteiger partial charge in [-0.1, -0.05) is 19.9 Å². The molecular weight excluding hydrogens is 228 g/mol. The Morgan fingerprint density at radius 3 is 2.76 bits per heavy atom. The van der Waals surface area contributed by atoms with E-state index in [1.54, 1.807) is 11.3 Å². The molecule has 0 spiro atoms. The van der Waals surface area contributed by atoms with Crippen LogP contribution in [0.25, 0.3) is 0 Å². The zero-order valence-electron chi connectivity index (χ0n) is 10.9. The summed E-state index contributed by atoms with van der Waals surface area (Å²) in [5.41, 5.74) is 6.28. The van der Waals surface area contributed by atoms with E-state index in [4.69, 9.17) is 5.73 Å². The van der Waals surface area contributed by atoms with E-state index in [0.29, 0.717) is 0 Å². The molecule has 2 nitrogen and oxygen atoms in total. The van der Waals surface area contributed by atoms with Gasteiger partial charge in [0.05, 0.1) is 6.04 Å². The lowest BCUT2D eigenvalue weighted by Crippen LogP contribution is -2.34. The summed E-state index contributed by atoms with van der Waals surface area (Å²) in [5.74, 6) is 0.786. The van der Waals surface area contributed by atoms with Gasteiger partial charge in [-0.15, -0.1) is 11.3 Å². The minimum atomic E-state index is 0.197. The smallest absolute Gasteiger partial charge is 0.0519 e. The van der Waals surface area contributed by atoms with Gasteiger partial charge in [0.25, 0.3) is 0 Å². The number of rotatable bonds is 7. The lowest BCUT2D eigenvalue weighted by atomic mass is 10.1. The quantitative estimate of drug-likeness (QED) is 0.807. The maximum atomic E-state index is 6.28. The van der Waals surface area contributed by atoms with Crippen molar-refractivity contribution < 1.29 is 0 Å². The second-order valence-corrected chi connectivity index (χ2v) is 6.51. The van der Waals surface area contributed by atoms with Crippen LogP contribution in [0.4, 0.5) is 0 Å². The van der Waals surface area contributed by atoms with Crippen molar-refractivity contribution >= 4 is 11.3 Å². The van der Waals surface area contributed by atoms with Gasteiger partial charge in [0.1, 0.15) is 0 Å². The second kappa shape index (κ2) is 5.98. The summed E-state index contributed by atoms with van der Waals surface area (Å²) < 4.78 is 0. The molecule has 0 bridgehead atoms. The molecule has 1 aromatic heterocycles. The maximum absolute atomic E-state index is 6.28. The maximum Gasteiger partial charge on any atom is 0.0519 e. The zero-order chi connectivity index (χ0) is 12.3. The molecule has 2 rings (SSSR count). The summed E-state index contributed by atoms with van der Waals surface area (Å²) in [4.78, 5) is 3.92. The van der Waals surface area contributed by atoms with Crippen LogP contribution in [0.2, 0.25) is 0 Å². The molecule has 0 aromatic carbocycles. The van der Waals surface area contributed by atoms with Crippen LogP contribution in [0.15, 0.2) is 17.5 Å². The van der Waals surface area contributed by atoms with Crippen LogP contribution < -0.4 is 5.73 Å². The fourth-order valence-corrected chi connectivity index (χ4v) is 2.85. The van der Waals surface area contributed by atoms with Crippen molar-refractivity contribution in [1.82, 2.24) is 4.90 Å². The molecule has 1 aliphatic carbocycles. The number of hydrogen-bond acceptors (Lipinski definition) is 3. The molecule has 17 heavy (non-hydrogen) atoms. The third kappa shape index (κ3) is 4.09. The van der Waals surface area contributed by atoms with Crippen LogP contribution in [-0.2, 0) is 0 Å². The van der Waals surface area contributed by atoms with Crippen LogP contribution >= 0.6 is 11.3 Å². The van der Waals surface area contributed by atoms with Crippen LogP contribution in [0.3, 0.4) is 0 Å². The Hall–Kier alpha value is -0.380. The van der Waals surface area contributed by atoms with E-state index in [2.05, 4.69) is 36.3 Å². The molecular formula is C14H24N2S. The first-order valence-corrected chi connectivity index (χ1v) is 7.58. The molecule has 1 atom stereocenters. The van der Waals surface area contributed by atoms with E-state index in [0.717, 1.165) is 18.5 Å². The summed E-state index contributed by atoms with van der Waals surface area (Å²) in [6, 6.07) is 5.26. The number of hydrogen-bond donors (Lipinski definition) is 1. The Labute approximate surface area is 109 Å². The molecule has 0 saturated heterocycles. The molecule has 0 aliphatic heterocycles. The molecule has 3 heteroatoms. The van der Waals surface area contributed by atoms with E-state index in [-0.39, 0.29) is 6.04 Å². The van der Waals surface area contributed by atoms with Crippen molar-refractivity contribution in [2.75, 3.05) is 13.1 Å². The number of nitrogens with zero attached hydrogens (tertiary/aromatic N) is 1. The van der Waals surface area contributed by atoms with Gasteiger partial charge in [-0.25, -0.2) is 0 Å². The third-order valence-electron chi connectivity index (χ3n) is 3.40. The molecule has 1 aromatic rings. The molecule has 1 fully saturated rings. The standard InChI is InChI=1S/C14H24N2S/c1-11(2)7-8-16(12-5-6-12)10-13(15)14-4-3-9-17-14/h3-4,9,11-13H,5-8,10,15H2,1-2H3. The summed E-state index contributed by atoms with van der Waals surface area (Å²) in [6.45, 7) is 6.83. The van der Waals surface area contributed by atoms with E-state index in [1.807, 2.05) is 0 Å². The van der Waals surface area contributed by atoms with Crippen LogP contribution in [-0.4, -0.2) is 24.0 Å². The molecule has 1 aliphatic rings.